The number of hydrogen-bond acceptors (Lipinski definition) is 6. The van der Waals surface area contributed by atoms with Gasteiger partial charge in [-0.1, -0.05) is 24.6 Å². The Hall–Kier alpha value is -2.55. The predicted molar refractivity (Wildman–Crippen MR) is 126 cm³/mol. The van der Waals surface area contributed by atoms with Gasteiger partial charge in [-0.2, -0.15) is 23.5 Å². The van der Waals surface area contributed by atoms with Crippen molar-refractivity contribution in [2.24, 2.45) is 5.92 Å². The first-order valence-corrected chi connectivity index (χ1v) is 12.8. The van der Waals surface area contributed by atoms with Crippen molar-refractivity contribution < 1.29 is 18.0 Å². The van der Waals surface area contributed by atoms with Crippen molar-refractivity contribution in [2.75, 3.05) is 10.6 Å². The van der Waals surface area contributed by atoms with E-state index in [4.69, 9.17) is 11.6 Å². The third kappa shape index (κ3) is 3.97. The second kappa shape index (κ2) is 8.59. The lowest BCUT2D eigenvalue weighted by atomic mass is 9.89. The number of amides is 1. The molecule has 0 bridgehead atoms. The van der Waals surface area contributed by atoms with Crippen LogP contribution in [-0.2, 0) is 12.8 Å². The van der Waals surface area contributed by atoms with E-state index in [0.29, 0.717) is 16.5 Å². The lowest BCUT2D eigenvalue weighted by Crippen LogP contribution is -2.35. The maximum Gasteiger partial charge on any atom is 0.410 e. The second-order valence-corrected chi connectivity index (χ2v) is 11.0. The number of nitrogens with zero attached hydrogens (tertiary/aromatic N) is 3. The molecule has 3 atom stereocenters. The Morgan fingerprint density at radius 2 is 2.24 bits per heavy atom. The fourth-order valence-corrected chi connectivity index (χ4v) is 6.94. The zero-order valence-electron chi connectivity index (χ0n) is 17.9. The van der Waals surface area contributed by atoms with Gasteiger partial charge < -0.3 is 10.6 Å². The number of thiophene rings is 2. The molecule has 3 unspecified atom stereocenters. The second-order valence-electron chi connectivity index (χ2n) is 8.58. The number of rotatable bonds is 3. The first-order chi connectivity index (χ1) is 16.2. The molecule has 1 aliphatic carbocycles. The quantitative estimate of drug-likeness (QED) is 0.405. The van der Waals surface area contributed by atoms with Crippen LogP contribution in [0.1, 0.15) is 63.2 Å². The molecule has 6 nitrogen and oxygen atoms in total. The van der Waals surface area contributed by atoms with E-state index in [2.05, 4.69) is 28.7 Å². The van der Waals surface area contributed by atoms with Crippen LogP contribution >= 0.6 is 34.3 Å². The molecule has 1 aliphatic heterocycles. The van der Waals surface area contributed by atoms with Crippen LogP contribution in [-0.4, -0.2) is 21.9 Å². The Morgan fingerprint density at radius 1 is 1.44 bits per heavy atom. The monoisotopic (exact) mass is 525 g/mol. The number of carbonyl (C=O) groups is 1. The summed E-state index contributed by atoms with van der Waals surface area (Å²) in [5.74, 6) is -0.304. The summed E-state index contributed by atoms with van der Waals surface area (Å²) in [7, 11) is 0. The van der Waals surface area contributed by atoms with Gasteiger partial charge in [-0.05, 0) is 42.2 Å². The molecule has 0 saturated carbocycles. The van der Waals surface area contributed by atoms with E-state index in [1.54, 1.807) is 17.5 Å². The summed E-state index contributed by atoms with van der Waals surface area (Å²) in [5, 5.41) is 21.3. The van der Waals surface area contributed by atoms with Gasteiger partial charge >= 0.3 is 6.18 Å². The van der Waals surface area contributed by atoms with E-state index in [9.17, 15) is 23.2 Å². The molecule has 3 aromatic rings. The first-order valence-electron chi connectivity index (χ1n) is 10.7. The summed E-state index contributed by atoms with van der Waals surface area (Å²) in [6.45, 7) is 2.13. The summed E-state index contributed by atoms with van der Waals surface area (Å²) >= 11 is 9.08. The van der Waals surface area contributed by atoms with E-state index in [1.165, 1.54) is 22.7 Å². The van der Waals surface area contributed by atoms with Crippen LogP contribution in [0.3, 0.4) is 0 Å². The maximum absolute atomic E-state index is 13.9. The van der Waals surface area contributed by atoms with Gasteiger partial charge in [-0.15, -0.1) is 22.7 Å². The molecule has 4 heterocycles. The van der Waals surface area contributed by atoms with Crippen LogP contribution in [0, 0.1) is 17.2 Å². The van der Waals surface area contributed by atoms with Gasteiger partial charge in [0.25, 0.3) is 5.91 Å². The minimum Gasteiger partial charge on any atom is -0.361 e. The molecule has 1 amide bonds. The average Bonchev–Trinajstić information content (AvgIpc) is 3.50. The van der Waals surface area contributed by atoms with Crippen molar-refractivity contribution in [3.8, 4) is 6.07 Å². The highest BCUT2D eigenvalue weighted by atomic mass is 35.5. The highest BCUT2D eigenvalue weighted by Gasteiger charge is 2.48. The van der Waals surface area contributed by atoms with Crippen LogP contribution in [0.5, 0.6) is 0 Å². The largest absolute Gasteiger partial charge is 0.410 e. The molecule has 2 N–H and O–H groups in total. The summed E-state index contributed by atoms with van der Waals surface area (Å²) in [6, 6.07) is 3.15. The standard InChI is InChI=1S/C22H19ClF3N5OS2/c1-10-4-5-11-12(9-27)21(34-15(11)7-10)29-20(32)18-17(23)19-28-13(14-3-2-6-33-14)8-16(22(24,25)26)31(19)30-18/h2-3,6,10,13,16,28H,4-5,7-8H2,1H3,(H,29,32). The van der Waals surface area contributed by atoms with Crippen molar-refractivity contribution in [1.82, 2.24) is 9.78 Å². The van der Waals surface area contributed by atoms with Crippen molar-refractivity contribution in [3.63, 3.8) is 0 Å². The van der Waals surface area contributed by atoms with Crippen LogP contribution in [0.25, 0.3) is 0 Å². The molecule has 0 saturated heterocycles. The average molecular weight is 526 g/mol. The number of fused-ring (bicyclic) bond motifs is 2. The van der Waals surface area contributed by atoms with Crippen LogP contribution in [0.4, 0.5) is 24.0 Å². The van der Waals surface area contributed by atoms with Gasteiger partial charge in [0.15, 0.2) is 11.7 Å². The number of anilines is 2. The van der Waals surface area contributed by atoms with Crippen molar-refractivity contribution in [3.05, 3.63) is 49.1 Å². The molecule has 0 fully saturated rings. The Bertz CT molecular complexity index is 1290. The number of nitriles is 1. The number of carbonyl (C=O) groups excluding carboxylic acids is 1. The number of aromatic nitrogens is 2. The number of alkyl halides is 3. The molecule has 3 aromatic heterocycles. The normalized spacial score (nSPS) is 21.8. The molecule has 0 radical (unpaired) electrons. The Labute approximate surface area is 206 Å². The molecular weight excluding hydrogens is 507 g/mol. The highest BCUT2D eigenvalue weighted by molar-refractivity contribution is 7.16. The highest BCUT2D eigenvalue weighted by Crippen LogP contribution is 2.47. The van der Waals surface area contributed by atoms with Gasteiger partial charge in [0.2, 0.25) is 0 Å². The smallest absolute Gasteiger partial charge is 0.361 e. The molecule has 2 aliphatic rings. The third-order valence-corrected chi connectivity index (χ3v) is 8.76. The summed E-state index contributed by atoms with van der Waals surface area (Å²) in [6.07, 6.45) is -2.31. The Balaban J connectivity index is 1.49. The van der Waals surface area contributed by atoms with E-state index in [-0.39, 0.29) is 23.0 Å². The van der Waals surface area contributed by atoms with E-state index in [1.807, 2.05) is 0 Å². The minimum atomic E-state index is -4.58. The zero-order valence-corrected chi connectivity index (χ0v) is 20.3. The first kappa shape index (κ1) is 23.2. The van der Waals surface area contributed by atoms with E-state index >= 15 is 0 Å². The summed E-state index contributed by atoms with van der Waals surface area (Å²) in [4.78, 5) is 14.9. The van der Waals surface area contributed by atoms with Crippen molar-refractivity contribution in [2.45, 2.75) is 50.9 Å². The van der Waals surface area contributed by atoms with Crippen molar-refractivity contribution in [1.29, 1.82) is 5.26 Å². The maximum atomic E-state index is 13.9. The Morgan fingerprint density at radius 3 is 2.91 bits per heavy atom. The van der Waals surface area contributed by atoms with Gasteiger partial charge in [-0.25, -0.2) is 4.68 Å². The molecule has 0 aromatic carbocycles. The van der Waals surface area contributed by atoms with E-state index < -0.39 is 24.2 Å². The number of nitrogens with one attached hydrogen (secondary N) is 2. The fraction of sp³-hybridized carbons (Fsp3) is 0.409. The predicted octanol–water partition coefficient (Wildman–Crippen LogP) is 6.57. The summed E-state index contributed by atoms with van der Waals surface area (Å²) < 4.78 is 42.5. The molecular formula is C22H19ClF3N5OS2. The van der Waals surface area contributed by atoms with Gasteiger partial charge in [0.05, 0.1) is 11.6 Å². The van der Waals surface area contributed by atoms with Gasteiger partial charge in [-0.3, -0.25) is 4.79 Å². The van der Waals surface area contributed by atoms with Gasteiger partial charge in [0, 0.05) is 16.2 Å². The molecule has 5 rings (SSSR count). The van der Waals surface area contributed by atoms with Crippen LogP contribution in [0.2, 0.25) is 5.02 Å². The summed E-state index contributed by atoms with van der Waals surface area (Å²) in [5.41, 5.74) is 1.03. The number of halogens is 4. The Kier molecular flexibility index (Phi) is 5.86. The lowest BCUT2D eigenvalue weighted by molar-refractivity contribution is -0.173. The van der Waals surface area contributed by atoms with Crippen LogP contribution < -0.4 is 10.6 Å². The SMILES string of the molecule is CC1CCc2c(sc(NC(=O)c3nn4c(c3Cl)NC(c3cccs3)CC4C(F)(F)F)c2C#N)C1. The minimum absolute atomic E-state index is 0.0430. The molecule has 0 spiro atoms. The fourth-order valence-electron chi connectivity index (χ4n) is 4.53. The van der Waals surface area contributed by atoms with Crippen molar-refractivity contribution >= 4 is 51.0 Å². The van der Waals surface area contributed by atoms with Crippen LogP contribution in [0.15, 0.2) is 17.5 Å². The zero-order chi connectivity index (χ0) is 24.2. The molecule has 12 heteroatoms. The van der Waals surface area contributed by atoms with E-state index in [0.717, 1.165) is 39.3 Å². The third-order valence-electron chi connectivity index (χ3n) is 6.25. The number of hydrogen-bond donors (Lipinski definition) is 2. The van der Waals surface area contributed by atoms with Gasteiger partial charge in [0.1, 0.15) is 21.9 Å². The molecule has 34 heavy (non-hydrogen) atoms. The lowest BCUT2D eigenvalue weighted by Gasteiger charge is -2.32. The molecule has 178 valence electrons. The topological polar surface area (TPSA) is 82.7 Å².